The second-order valence-electron chi connectivity index (χ2n) is 3.34. The van der Waals surface area contributed by atoms with Gasteiger partial charge in [0.15, 0.2) is 0 Å². The van der Waals surface area contributed by atoms with Crippen molar-refractivity contribution in [3.8, 4) is 0 Å². The fourth-order valence-corrected chi connectivity index (χ4v) is 1.13. The lowest BCUT2D eigenvalue weighted by Gasteiger charge is -2.06. The van der Waals surface area contributed by atoms with Crippen LogP contribution < -0.4 is 0 Å². The van der Waals surface area contributed by atoms with E-state index in [4.69, 9.17) is 4.74 Å². The highest BCUT2D eigenvalue weighted by atomic mass is 16.5. The standard InChI is InChI=1S/C11H13NO.C3H8/c1-4-12-11(13-3)10-8-6-5-7-9(10)2;1-3-2/h4-8H,1H2,2-3H3;3H2,1-2H3. The fourth-order valence-electron chi connectivity index (χ4n) is 1.13. The van der Waals surface area contributed by atoms with E-state index in [1.165, 1.54) is 12.6 Å². The highest BCUT2D eigenvalue weighted by molar-refractivity contribution is 5.95. The summed E-state index contributed by atoms with van der Waals surface area (Å²) in [5, 5.41) is 0. The Morgan fingerprint density at radius 1 is 1.38 bits per heavy atom. The van der Waals surface area contributed by atoms with Gasteiger partial charge >= 0.3 is 0 Å². The minimum absolute atomic E-state index is 0.605. The quantitative estimate of drug-likeness (QED) is 0.545. The molecule has 2 nitrogen and oxygen atoms in total. The Kier molecular flexibility index (Phi) is 7.86. The van der Waals surface area contributed by atoms with Crippen LogP contribution in [0.15, 0.2) is 42.0 Å². The van der Waals surface area contributed by atoms with E-state index in [0.29, 0.717) is 5.90 Å². The fraction of sp³-hybridized carbons (Fsp3) is 0.357. The van der Waals surface area contributed by atoms with Gasteiger partial charge in [0.1, 0.15) is 0 Å². The van der Waals surface area contributed by atoms with Gasteiger partial charge in [0, 0.05) is 11.8 Å². The Labute approximate surface area is 98.7 Å². The van der Waals surface area contributed by atoms with E-state index in [-0.39, 0.29) is 0 Å². The van der Waals surface area contributed by atoms with Crippen molar-refractivity contribution in [1.82, 2.24) is 0 Å². The largest absolute Gasteiger partial charge is 0.481 e. The highest BCUT2D eigenvalue weighted by Gasteiger charge is 2.04. The molecule has 0 saturated carbocycles. The lowest BCUT2D eigenvalue weighted by atomic mass is 10.1. The van der Waals surface area contributed by atoms with Crippen molar-refractivity contribution >= 4 is 5.90 Å². The number of ether oxygens (including phenoxy) is 1. The first-order valence-electron chi connectivity index (χ1n) is 5.49. The summed E-state index contributed by atoms with van der Waals surface area (Å²) < 4.78 is 5.14. The number of benzene rings is 1. The van der Waals surface area contributed by atoms with Crippen LogP contribution in [0.2, 0.25) is 0 Å². The summed E-state index contributed by atoms with van der Waals surface area (Å²) in [6, 6.07) is 7.94. The normalized spacial score (nSPS) is 10.1. The van der Waals surface area contributed by atoms with Gasteiger partial charge in [-0.3, -0.25) is 0 Å². The maximum Gasteiger partial charge on any atom is 0.220 e. The summed E-state index contributed by atoms with van der Waals surface area (Å²) in [5.74, 6) is 0.605. The van der Waals surface area contributed by atoms with Crippen LogP contribution in [-0.2, 0) is 4.74 Å². The predicted molar refractivity (Wildman–Crippen MR) is 70.9 cm³/mol. The highest BCUT2D eigenvalue weighted by Crippen LogP contribution is 2.09. The molecule has 0 fully saturated rings. The molecule has 1 aromatic rings. The summed E-state index contributed by atoms with van der Waals surface area (Å²) >= 11 is 0. The van der Waals surface area contributed by atoms with Gasteiger partial charge in [-0.2, -0.15) is 0 Å². The first kappa shape index (κ1) is 14.4. The van der Waals surface area contributed by atoms with Crippen LogP contribution in [0, 0.1) is 6.92 Å². The molecule has 88 valence electrons. The first-order chi connectivity index (χ1) is 7.71. The maximum absolute atomic E-state index is 5.14. The Balaban J connectivity index is 0.000000673. The van der Waals surface area contributed by atoms with Gasteiger partial charge in [-0.25, -0.2) is 4.99 Å². The molecule has 0 spiro atoms. The molecule has 0 amide bonds. The van der Waals surface area contributed by atoms with Gasteiger partial charge in [0.2, 0.25) is 5.90 Å². The molecule has 0 aliphatic rings. The lowest BCUT2D eigenvalue weighted by Crippen LogP contribution is -2.04. The molecule has 1 rings (SSSR count). The van der Waals surface area contributed by atoms with Gasteiger partial charge < -0.3 is 4.74 Å². The minimum Gasteiger partial charge on any atom is -0.481 e. The Bertz CT molecular complexity index is 342. The van der Waals surface area contributed by atoms with Crippen LogP contribution in [0.4, 0.5) is 0 Å². The van der Waals surface area contributed by atoms with Crippen molar-refractivity contribution in [2.75, 3.05) is 7.11 Å². The van der Waals surface area contributed by atoms with Crippen LogP contribution in [0.1, 0.15) is 31.4 Å². The molecule has 0 aromatic heterocycles. The van der Waals surface area contributed by atoms with E-state index in [1.807, 2.05) is 31.2 Å². The molecular weight excluding hydrogens is 198 g/mol. The summed E-state index contributed by atoms with van der Waals surface area (Å²) in [6.07, 6.45) is 2.73. The number of aliphatic imine (C=N–C) groups is 1. The van der Waals surface area contributed by atoms with E-state index in [0.717, 1.165) is 11.1 Å². The molecule has 0 bridgehead atoms. The van der Waals surface area contributed by atoms with Crippen LogP contribution >= 0.6 is 0 Å². The van der Waals surface area contributed by atoms with Crippen molar-refractivity contribution in [3.05, 3.63) is 48.2 Å². The average Bonchev–Trinajstić information content (AvgIpc) is 2.28. The Hall–Kier alpha value is -1.57. The second-order valence-corrected chi connectivity index (χ2v) is 3.34. The SMILES string of the molecule is C=CN=C(OC)c1ccccc1C.CCC. The topological polar surface area (TPSA) is 21.6 Å². The molecule has 0 heterocycles. The van der Waals surface area contributed by atoms with Crippen LogP contribution in [0.5, 0.6) is 0 Å². The van der Waals surface area contributed by atoms with Crippen molar-refractivity contribution in [1.29, 1.82) is 0 Å². The number of hydrogen-bond donors (Lipinski definition) is 0. The van der Waals surface area contributed by atoms with E-state index < -0.39 is 0 Å². The minimum atomic E-state index is 0.605. The van der Waals surface area contributed by atoms with E-state index in [9.17, 15) is 0 Å². The van der Waals surface area contributed by atoms with Gasteiger partial charge in [-0.1, -0.05) is 45.0 Å². The average molecular weight is 219 g/mol. The number of nitrogens with zero attached hydrogens (tertiary/aromatic N) is 1. The van der Waals surface area contributed by atoms with Gasteiger partial charge in [0.25, 0.3) is 0 Å². The van der Waals surface area contributed by atoms with Crippen molar-refractivity contribution in [3.63, 3.8) is 0 Å². The maximum atomic E-state index is 5.14. The summed E-state index contributed by atoms with van der Waals surface area (Å²) in [4.78, 5) is 4.03. The number of rotatable bonds is 2. The molecule has 0 unspecified atom stereocenters. The van der Waals surface area contributed by atoms with Crippen LogP contribution in [0.3, 0.4) is 0 Å². The second kappa shape index (κ2) is 8.72. The molecular formula is C14H21NO. The number of methoxy groups -OCH3 is 1. The molecule has 0 aliphatic carbocycles. The summed E-state index contributed by atoms with van der Waals surface area (Å²) in [7, 11) is 1.61. The van der Waals surface area contributed by atoms with E-state index in [2.05, 4.69) is 25.4 Å². The molecule has 16 heavy (non-hydrogen) atoms. The molecule has 0 aliphatic heterocycles. The van der Waals surface area contributed by atoms with Crippen LogP contribution in [-0.4, -0.2) is 13.0 Å². The number of hydrogen-bond acceptors (Lipinski definition) is 2. The Morgan fingerprint density at radius 2 is 1.94 bits per heavy atom. The molecule has 0 saturated heterocycles. The van der Waals surface area contributed by atoms with Gasteiger partial charge in [0.05, 0.1) is 7.11 Å². The third kappa shape index (κ3) is 4.78. The van der Waals surface area contributed by atoms with Crippen molar-refractivity contribution in [2.45, 2.75) is 27.2 Å². The molecule has 2 heteroatoms. The monoisotopic (exact) mass is 219 g/mol. The predicted octanol–water partition coefficient (Wildman–Crippen LogP) is 3.95. The Morgan fingerprint density at radius 3 is 2.38 bits per heavy atom. The van der Waals surface area contributed by atoms with Gasteiger partial charge in [-0.15, -0.1) is 0 Å². The van der Waals surface area contributed by atoms with E-state index in [1.54, 1.807) is 7.11 Å². The summed E-state index contributed by atoms with van der Waals surface area (Å²) in [5.41, 5.74) is 2.15. The summed E-state index contributed by atoms with van der Waals surface area (Å²) in [6.45, 7) is 9.81. The van der Waals surface area contributed by atoms with Crippen molar-refractivity contribution < 1.29 is 4.74 Å². The van der Waals surface area contributed by atoms with Gasteiger partial charge in [-0.05, 0) is 18.6 Å². The smallest absolute Gasteiger partial charge is 0.220 e. The molecule has 0 radical (unpaired) electrons. The third-order valence-corrected chi connectivity index (χ3v) is 1.78. The molecule has 0 atom stereocenters. The van der Waals surface area contributed by atoms with Crippen molar-refractivity contribution in [2.24, 2.45) is 4.99 Å². The lowest BCUT2D eigenvalue weighted by molar-refractivity contribution is 0.404. The zero-order valence-corrected chi connectivity index (χ0v) is 10.7. The molecule has 1 aromatic carbocycles. The first-order valence-corrected chi connectivity index (χ1v) is 5.49. The third-order valence-electron chi connectivity index (χ3n) is 1.78. The number of aryl methyl sites for hydroxylation is 1. The molecule has 0 N–H and O–H groups in total. The van der Waals surface area contributed by atoms with Crippen LogP contribution in [0.25, 0.3) is 0 Å². The zero-order valence-electron chi connectivity index (χ0n) is 10.7. The zero-order chi connectivity index (χ0) is 12.4. The van der Waals surface area contributed by atoms with E-state index >= 15 is 0 Å².